The predicted molar refractivity (Wildman–Crippen MR) is 111 cm³/mol. The zero-order valence-electron chi connectivity index (χ0n) is 15.7. The van der Waals surface area contributed by atoms with Crippen molar-refractivity contribution in [3.8, 4) is 16.9 Å². The van der Waals surface area contributed by atoms with Crippen molar-refractivity contribution in [1.29, 1.82) is 0 Å². The van der Waals surface area contributed by atoms with Crippen LogP contribution in [0.1, 0.15) is 6.92 Å². The maximum Gasteiger partial charge on any atom is 0.344 e. The van der Waals surface area contributed by atoms with Gasteiger partial charge in [-0.25, -0.2) is 9.78 Å². The number of rotatable bonds is 7. The number of pyridine rings is 1. The van der Waals surface area contributed by atoms with Crippen LogP contribution in [0.25, 0.3) is 11.1 Å². The summed E-state index contributed by atoms with van der Waals surface area (Å²) in [5.41, 5.74) is 1.83. The average Bonchev–Trinajstić information content (AvgIpc) is 2.74. The molecule has 1 atom stereocenters. The number of nitrogens with one attached hydrogen (secondary N) is 1. The second-order valence-electron chi connectivity index (χ2n) is 6.13. The molecule has 0 aliphatic carbocycles. The Balaban J connectivity index is 1.55. The summed E-state index contributed by atoms with van der Waals surface area (Å²) < 4.78 is 10.8. The van der Waals surface area contributed by atoms with Crippen LogP contribution in [0.3, 0.4) is 0 Å². The van der Waals surface area contributed by atoms with Crippen LogP contribution in [-0.4, -0.2) is 29.6 Å². The van der Waals surface area contributed by atoms with Crippen molar-refractivity contribution in [3.63, 3.8) is 0 Å². The van der Waals surface area contributed by atoms with Crippen LogP contribution in [0, 0.1) is 0 Å². The van der Waals surface area contributed by atoms with E-state index < -0.39 is 18.0 Å². The molecule has 1 heterocycles. The first kappa shape index (κ1) is 20.4. The third-order valence-electron chi connectivity index (χ3n) is 3.97. The lowest BCUT2D eigenvalue weighted by atomic mass is 10.1. The van der Waals surface area contributed by atoms with E-state index in [2.05, 4.69) is 10.3 Å². The number of hydrogen-bond acceptors (Lipinski definition) is 5. The van der Waals surface area contributed by atoms with E-state index in [0.29, 0.717) is 16.6 Å². The molecule has 148 valence electrons. The Labute approximate surface area is 173 Å². The van der Waals surface area contributed by atoms with Gasteiger partial charge < -0.3 is 14.8 Å². The Morgan fingerprint density at radius 2 is 1.76 bits per heavy atom. The smallest absolute Gasteiger partial charge is 0.344 e. The fourth-order valence-corrected chi connectivity index (χ4v) is 2.66. The molecule has 1 N–H and O–H groups in total. The molecule has 1 amide bonds. The van der Waals surface area contributed by atoms with Gasteiger partial charge in [0.25, 0.3) is 5.91 Å². The van der Waals surface area contributed by atoms with Crippen LogP contribution in [0.4, 0.5) is 5.82 Å². The number of esters is 1. The minimum Gasteiger partial charge on any atom is -0.481 e. The molecule has 3 aromatic rings. The molecule has 0 fully saturated rings. The largest absolute Gasteiger partial charge is 0.481 e. The van der Waals surface area contributed by atoms with Crippen LogP contribution in [0.2, 0.25) is 5.02 Å². The van der Waals surface area contributed by atoms with Crippen LogP contribution in [-0.2, 0) is 14.3 Å². The van der Waals surface area contributed by atoms with Gasteiger partial charge in [-0.3, -0.25) is 4.79 Å². The highest BCUT2D eigenvalue weighted by Gasteiger charge is 2.19. The van der Waals surface area contributed by atoms with Crippen LogP contribution in [0.15, 0.2) is 72.9 Å². The van der Waals surface area contributed by atoms with Crippen molar-refractivity contribution < 1.29 is 19.1 Å². The van der Waals surface area contributed by atoms with Gasteiger partial charge in [0.05, 0.1) is 5.02 Å². The molecule has 0 saturated heterocycles. The molecule has 0 aliphatic heterocycles. The number of carbonyl (C=O) groups excluding carboxylic acids is 2. The third-order valence-corrected chi connectivity index (χ3v) is 4.20. The lowest BCUT2D eigenvalue weighted by Crippen LogP contribution is -2.32. The van der Waals surface area contributed by atoms with Crippen molar-refractivity contribution >= 4 is 29.3 Å². The van der Waals surface area contributed by atoms with Gasteiger partial charge in [-0.05, 0) is 30.7 Å². The SMILES string of the molecule is C[C@@H](OC(=O)COc1ccccc1-c1ccccc1)C(=O)Nc1ccc(Cl)cn1. The normalized spacial score (nSPS) is 11.4. The van der Waals surface area contributed by atoms with Gasteiger partial charge in [-0.15, -0.1) is 0 Å². The fourth-order valence-electron chi connectivity index (χ4n) is 2.55. The quantitative estimate of drug-likeness (QED) is 0.586. The monoisotopic (exact) mass is 410 g/mol. The highest BCUT2D eigenvalue weighted by molar-refractivity contribution is 6.30. The van der Waals surface area contributed by atoms with E-state index in [9.17, 15) is 9.59 Å². The molecule has 0 radical (unpaired) electrons. The summed E-state index contributed by atoms with van der Waals surface area (Å²) in [7, 11) is 0. The van der Waals surface area contributed by atoms with Crippen LogP contribution < -0.4 is 10.1 Å². The number of amides is 1. The second-order valence-corrected chi connectivity index (χ2v) is 6.57. The van der Waals surface area contributed by atoms with E-state index >= 15 is 0 Å². The molecule has 29 heavy (non-hydrogen) atoms. The molecule has 2 aromatic carbocycles. The fraction of sp³-hybridized carbons (Fsp3) is 0.136. The van der Waals surface area contributed by atoms with Gasteiger partial charge >= 0.3 is 5.97 Å². The van der Waals surface area contributed by atoms with Crippen molar-refractivity contribution in [2.24, 2.45) is 0 Å². The Kier molecular flexibility index (Phi) is 6.81. The van der Waals surface area contributed by atoms with Gasteiger partial charge in [0, 0.05) is 11.8 Å². The maximum absolute atomic E-state index is 12.1. The van der Waals surface area contributed by atoms with Gasteiger partial charge in [0.1, 0.15) is 11.6 Å². The number of hydrogen-bond donors (Lipinski definition) is 1. The molecule has 0 spiro atoms. The van der Waals surface area contributed by atoms with Crippen molar-refractivity contribution in [2.45, 2.75) is 13.0 Å². The minimum absolute atomic E-state index is 0.315. The third kappa shape index (κ3) is 5.80. The Morgan fingerprint density at radius 3 is 2.48 bits per heavy atom. The predicted octanol–water partition coefficient (Wildman–Crippen LogP) is 4.35. The molecule has 0 aliphatic rings. The Morgan fingerprint density at radius 1 is 1.03 bits per heavy atom. The first-order valence-corrected chi connectivity index (χ1v) is 9.30. The highest BCUT2D eigenvalue weighted by atomic mass is 35.5. The zero-order chi connectivity index (χ0) is 20.6. The molecule has 0 saturated carbocycles. The molecule has 7 heteroatoms. The van der Waals surface area contributed by atoms with Gasteiger partial charge in [0.2, 0.25) is 0 Å². The molecule has 3 rings (SSSR count). The summed E-state index contributed by atoms with van der Waals surface area (Å²) >= 11 is 5.76. The summed E-state index contributed by atoms with van der Waals surface area (Å²) in [6.45, 7) is 1.15. The number of anilines is 1. The second kappa shape index (κ2) is 9.71. The van der Waals surface area contributed by atoms with Gasteiger partial charge in [-0.2, -0.15) is 0 Å². The summed E-state index contributed by atoms with van der Waals surface area (Å²) in [6, 6.07) is 20.2. The van der Waals surface area contributed by atoms with Crippen molar-refractivity contribution in [1.82, 2.24) is 4.98 Å². The minimum atomic E-state index is -1.01. The number of benzene rings is 2. The van der Waals surface area contributed by atoms with E-state index in [-0.39, 0.29) is 6.61 Å². The summed E-state index contributed by atoms with van der Waals surface area (Å²) in [4.78, 5) is 28.2. The van der Waals surface area contributed by atoms with Crippen LogP contribution in [0.5, 0.6) is 5.75 Å². The van der Waals surface area contributed by atoms with Crippen molar-refractivity contribution in [3.05, 3.63) is 77.9 Å². The molecular weight excluding hydrogens is 392 g/mol. The topological polar surface area (TPSA) is 77.5 Å². The first-order chi connectivity index (χ1) is 14.0. The summed E-state index contributed by atoms with van der Waals surface area (Å²) in [6.07, 6.45) is 0.402. The average molecular weight is 411 g/mol. The lowest BCUT2D eigenvalue weighted by Gasteiger charge is -2.15. The number of carbonyl (C=O) groups is 2. The molecule has 0 unspecified atom stereocenters. The van der Waals surface area contributed by atoms with Gasteiger partial charge in [0.15, 0.2) is 12.7 Å². The Bertz CT molecular complexity index is 978. The number of halogens is 1. The lowest BCUT2D eigenvalue weighted by molar-refractivity contribution is -0.155. The van der Waals surface area contributed by atoms with Crippen LogP contribution >= 0.6 is 11.6 Å². The number of nitrogens with zero attached hydrogens (tertiary/aromatic N) is 1. The van der Waals surface area contributed by atoms with E-state index in [4.69, 9.17) is 21.1 Å². The number of ether oxygens (including phenoxy) is 2. The zero-order valence-corrected chi connectivity index (χ0v) is 16.4. The first-order valence-electron chi connectivity index (χ1n) is 8.92. The van der Waals surface area contributed by atoms with Gasteiger partial charge in [-0.1, -0.05) is 60.1 Å². The Hall–Kier alpha value is -3.38. The number of para-hydroxylation sites is 1. The molecule has 1 aromatic heterocycles. The van der Waals surface area contributed by atoms with E-state index in [1.165, 1.54) is 13.1 Å². The van der Waals surface area contributed by atoms with Crippen molar-refractivity contribution in [2.75, 3.05) is 11.9 Å². The highest BCUT2D eigenvalue weighted by Crippen LogP contribution is 2.29. The number of aromatic nitrogens is 1. The standard InChI is InChI=1S/C22H19ClN2O4/c1-15(22(27)25-20-12-11-17(23)13-24-20)29-21(26)14-28-19-10-6-5-9-18(19)16-7-3-2-4-8-16/h2-13,15H,14H2,1H3,(H,24,25,27)/t15-/m1/s1. The summed E-state index contributed by atoms with van der Waals surface area (Å²) in [5, 5.41) is 3.01. The molecule has 6 nitrogen and oxygen atoms in total. The maximum atomic E-state index is 12.1. The van der Waals surface area contributed by atoms with E-state index in [1.54, 1.807) is 18.2 Å². The van der Waals surface area contributed by atoms with E-state index in [1.807, 2.05) is 48.5 Å². The molecule has 0 bridgehead atoms. The molecular formula is C22H19ClN2O4. The summed E-state index contributed by atoms with van der Waals surface area (Å²) in [5.74, 6) is -0.286. The van der Waals surface area contributed by atoms with E-state index in [0.717, 1.165) is 11.1 Å².